The maximum atomic E-state index is 14.0. The lowest BCUT2D eigenvalue weighted by Crippen LogP contribution is -2.40. The average Bonchev–Trinajstić information content (AvgIpc) is 3.38. The van der Waals surface area contributed by atoms with E-state index in [1.807, 2.05) is 11.7 Å². The first kappa shape index (κ1) is 19.2. The summed E-state index contributed by atoms with van der Waals surface area (Å²) in [5.41, 5.74) is 11.3. The highest BCUT2D eigenvalue weighted by molar-refractivity contribution is 7.09. The number of halogens is 1. The molecule has 0 saturated carbocycles. The Kier molecular flexibility index (Phi) is 4.41. The van der Waals surface area contributed by atoms with Crippen molar-refractivity contribution in [3.63, 3.8) is 0 Å². The number of carbonyl (C=O) groups is 1. The molecule has 1 saturated heterocycles. The number of nitrogens with two attached hydrogens (primary N) is 1. The molecule has 1 aliphatic rings. The molecule has 9 heteroatoms. The number of likely N-dealkylation sites (tertiary alicyclic amines) is 1. The molecule has 5 rings (SSSR count). The molecule has 0 spiro atoms. The predicted molar refractivity (Wildman–Crippen MR) is 114 cm³/mol. The van der Waals surface area contributed by atoms with Crippen LogP contribution in [0.25, 0.3) is 16.7 Å². The van der Waals surface area contributed by atoms with Crippen LogP contribution in [0.1, 0.15) is 46.3 Å². The molecule has 0 atom stereocenters. The Labute approximate surface area is 176 Å². The molecule has 0 radical (unpaired) electrons. The first-order valence-corrected chi connectivity index (χ1v) is 10.8. The number of rotatable bonds is 4. The first-order valence-electron chi connectivity index (χ1n) is 9.96. The molecular formula is C21H23FN6OS. The van der Waals surface area contributed by atoms with Gasteiger partial charge in [-0.15, -0.1) is 11.3 Å². The minimum absolute atomic E-state index is 0.0622. The highest BCUT2D eigenvalue weighted by Crippen LogP contribution is 2.38. The Bertz CT molecular complexity index is 1260. The zero-order chi connectivity index (χ0) is 21.0. The van der Waals surface area contributed by atoms with E-state index in [0.717, 1.165) is 49.4 Å². The summed E-state index contributed by atoms with van der Waals surface area (Å²) in [4.78, 5) is 24.7. The number of piperidine rings is 1. The number of carbonyl (C=O) groups excluding carboxylic acids is 1. The minimum atomic E-state index is -0.671. The lowest BCUT2D eigenvalue weighted by atomic mass is 9.75. The standard InChI is InChI=1S/C21H23FN6OS/c1-12-17(30-11-24-12)10-27-5-3-21(2,4-6-27)15-9-25-28-18-14(19(23)29)7-13(22)8-16(18)26-20(15)28/h7-9,11,25H,3-6,10H2,1-2H3,(H2,23,29). The number of aromatic nitrogens is 4. The molecule has 3 N–H and O–H groups in total. The number of imidazole rings is 1. The van der Waals surface area contributed by atoms with Crippen LogP contribution < -0.4 is 5.73 Å². The number of aromatic amines is 1. The van der Waals surface area contributed by atoms with Crippen LogP contribution in [0.5, 0.6) is 0 Å². The zero-order valence-corrected chi connectivity index (χ0v) is 17.7. The van der Waals surface area contributed by atoms with Crippen LogP contribution in [0.15, 0.2) is 23.8 Å². The van der Waals surface area contributed by atoms with Gasteiger partial charge in [0, 0.05) is 34.7 Å². The van der Waals surface area contributed by atoms with Gasteiger partial charge in [-0.2, -0.15) is 0 Å². The Morgan fingerprint density at radius 3 is 2.80 bits per heavy atom. The van der Waals surface area contributed by atoms with E-state index in [1.165, 1.54) is 17.0 Å². The second kappa shape index (κ2) is 6.88. The third-order valence-corrected chi connectivity index (χ3v) is 7.30. The summed E-state index contributed by atoms with van der Waals surface area (Å²) < 4.78 is 15.7. The highest BCUT2D eigenvalue weighted by atomic mass is 32.1. The number of amides is 1. The van der Waals surface area contributed by atoms with Crippen molar-refractivity contribution in [2.45, 2.75) is 38.6 Å². The maximum Gasteiger partial charge on any atom is 0.251 e. The number of thiazole rings is 1. The van der Waals surface area contributed by atoms with Crippen LogP contribution in [0, 0.1) is 12.7 Å². The smallest absolute Gasteiger partial charge is 0.251 e. The van der Waals surface area contributed by atoms with Gasteiger partial charge in [0.1, 0.15) is 11.3 Å². The molecule has 1 fully saturated rings. The van der Waals surface area contributed by atoms with Crippen molar-refractivity contribution < 1.29 is 9.18 Å². The number of nitrogens with one attached hydrogen (secondary N) is 1. The second-order valence-electron chi connectivity index (χ2n) is 8.34. The van der Waals surface area contributed by atoms with Gasteiger partial charge in [-0.05, 0) is 38.9 Å². The van der Waals surface area contributed by atoms with Crippen LogP contribution in [0.3, 0.4) is 0 Å². The van der Waals surface area contributed by atoms with E-state index in [0.29, 0.717) is 11.0 Å². The van der Waals surface area contributed by atoms with Gasteiger partial charge >= 0.3 is 0 Å². The van der Waals surface area contributed by atoms with Gasteiger partial charge < -0.3 is 5.73 Å². The number of benzene rings is 1. The molecule has 4 aromatic rings. The number of fused-ring (bicyclic) bond motifs is 3. The molecule has 156 valence electrons. The molecule has 3 aromatic heterocycles. The minimum Gasteiger partial charge on any atom is -0.366 e. The molecule has 7 nitrogen and oxygen atoms in total. The van der Waals surface area contributed by atoms with Crippen molar-refractivity contribution in [1.82, 2.24) is 24.5 Å². The van der Waals surface area contributed by atoms with E-state index in [9.17, 15) is 9.18 Å². The normalized spacial score (nSPS) is 17.2. The number of H-pyrrole nitrogens is 1. The summed E-state index contributed by atoms with van der Waals surface area (Å²) in [5, 5.41) is 3.21. The summed E-state index contributed by atoms with van der Waals surface area (Å²) in [6, 6.07) is 2.51. The van der Waals surface area contributed by atoms with Crippen molar-refractivity contribution in [3.05, 3.63) is 51.4 Å². The zero-order valence-electron chi connectivity index (χ0n) is 16.9. The molecule has 0 unspecified atom stereocenters. The lowest BCUT2D eigenvalue weighted by Gasteiger charge is -2.38. The number of primary amides is 1. The van der Waals surface area contributed by atoms with Crippen molar-refractivity contribution in [3.8, 4) is 0 Å². The van der Waals surface area contributed by atoms with Crippen LogP contribution in [0.4, 0.5) is 4.39 Å². The summed E-state index contributed by atoms with van der Waals surface area (Å²) in [7, 11) is 0. The van der Waals surface area contributed by atoms with Crippen LogP contribution in [0.2, 0.25) is 0 Å². The summed E-state index contributed by atoms with van der Waals surface area (Å²) >= 11 is 1.71. The van der Waals surface area contributed by atoms with Gasteiger partial charge in [0.15, 0.2) is 5.65 Å². The molecule has 4 heterocycles. The van der Waals surface area contributed by atoms with E-state index in [1.54, 1.807) is 15.9 Å². The van der Waals surface area contributed by atoms with Gasteiger partial charge in [0.2, 0.25) is 0 Å². The van der Waals surface area contributed by atoms with Gasteiger partial charge in [0.05, 0.1) is 22.3 Å². The monoisotopic (exact) mass is 426 g/mol. The molecule has 1 aromatic carbocycles. The fraction of sp³-hybridized carbons (Fsp3) is 0.381. The third kappa shape index (κ3) is 3.00. The Balaban J connectivity index is 1.47. The van der Waals surface area contributed by atoms with E-state index in [-0.39, 0.29) is 11.0 Å². The molecule has 1 amide bonds. The number of nitrogens with zero attached hydrogens (tertiary/aromatic N) is 4. The molecular weight excluding hydrogens is 403 g/mol. The van der Waals surface area contributed by atoms with E-state index < -0.39 is 11.7 Å². The third-order valence-electron chi connectivity index (χ3n) is 6.38. The quantitative estimate of drug-likeness (QED) is 0.523. The predicted octanol–water partition coefficient (Wildman–Crippen LogP) is 3.37. The van der Waals surface area contributed by atoms with E-state index in [2.05, 4.69) is 33.8 Å². The SMILES string of the molecule is Cc1ncsc1CN1CCC(C)(c2c[nH]n3c2nc2cc(F)cc(C(N)=O)c23)CC1. The van der Waals surface area contributed by atoms with Gasteiger partial charge in [-0.3, -0.25) is 14.8 Å². The summed E-state index contributed by atoms with van der Waals surface area (Å²) in [6.07, 6.45) is 3.93. The lowest BCUT2D eigenvalue weighted by molar-refractivity contribution is 0.100. The second-order valence-corrected chi connectivity index (χ2v) is 9.28. The number of hydrogen-bond acceptors (Lipinski definition) is 5. The van der Waals surface area contributed by atoms with Crippen molar-refractivity contribution >= 4 is 33.9 Å². The first-order chi connectivity index (χ1) is 14.4. The van der Waals surface area contributed by atoms with E-state index >= 15 is 0 Å². The van der Waals surface area contributed by atoms with Gasteiger partial charge in [-0.25, -0.2) is 18.9 Å². The average molecular weight is 427 g/mol. The van der Waals surface area contributed by atoms with Crippen molar-refractivity contribution in [2.75, 3.05) is 13.1 Å². The topological polar surface area (TPSA) is 92.3 Å². The van der Waals surface area contributed by atoms with Crippen LogP contribution >= 0.6 is 11.3 Å². The molecule has 0 bridgehead atoms. The van der Waals surface area contributed by atoms with E-state index in [4.69, 9.17) is 5.73 Å². The number of aryl methyl sites for hydroxylation is 1. The Morgan fingerprint density at radius 2 is 2.13 bits per heavy atom. The molecule has 1 aliphatic heterocycles. The molecule has 30 heavy (non-hydrogen) atoms. The van der Waals surface area contributed by atoms with Gasteiger partial charge in [0.25, 0.3) is 5.91 Å². The van der Waals surface area contributed by atoms with Gasteiger partial charge in [-0.1, -0.05) is 6.92 Å². The number of hydrogen-bond donors (Lipinski definition) is 2. The van der Waals surface area contributed by atoms with Crippen molar-refractivity contribution in [2.24, 2.45) is 5.73 Å². The fourth-order valence-corrected chi connectivity index (χ4v) is 5.28. The van der Waals surface area contributed by atoms with Crippen LogP contribution in [-0.2, 0) is 12.0 Å². The summed E-state index contributed by atoms with van der Waals surface area (Å²) in [5.74, 6) is -1.19. The largest absolute Gasteiger partial charge is 0.366 e. The fourth-order valence-electron chi connectivity index (χ4n) is 4.46. The van der Waals surface area contributed by atoms with Crippen molar-refractivity contribution in [1.29, 1.82) is 0 Å². The maximum absolute atomic E-state index is 14.0. The Hall–Kier alpha value is -2.78. The molecule has 0 aliphatic carbocycles. The highest BCUT2D eigenvalue weighted by Gasteiger charge is 2.35. The van der Waals surface area contributed by atoms with Crippen LogP contribution in [-0.4, -0.2) is 43.5 Å². The summed E-state index contributed by atoms with van der Waals surface area (Å²) in [6.45, 7) is 7.20. The Morgan fingerprint density at radius 1 is 1.37 bits per heavy atom.